The van der Waals surface area contributed by atoms with Crippen LogP contribution in [0.2, 0.25) is 0 Å². The van der Waals surface area contributed by atoms with Crippen molar-refractivity contribution in [2.45, 2.75) is 37.6 Å². The number of hydrogen-bond donors (Lipinski definition) is 1. The van der Waals surface area contributed by atoms with Crippen molar-refractivity contribution in [1.82, 2.24) is 10.2 Å². The Labute approximate surface area is 124 Å². The lowest BCUT2D eigenvalue weighted by Gasteiger charge is -2.25. The fourth-order valence-electron chi connectivity index (χ4n) is 3.42. The number of nitrogens with one attached hydrogen (secondary N) is 1. The Balaban J connectivity index is 1.77. The number of hydrogen-bond acceptors (Lipinski definition) is 2. The lowest BCUT2D eigenvalue weighted by atomic mass is 9.93. The number of rotatable bonds is 2. The molecule has 0 amide bonds. The molecular weight excluding hydrogens is 300 g/mol. The van der Waals surface area contributed by atoms with Crippen molar-refractivity contribution in [1.29, 1.82) is 0 Å². The van der Waals surface area contributed by atoms with Gasteiger partial charge in [0, 0.05) is 17.1 Å². The van der Waals surface area contributed by atoms with Crippen molar-refractivity contribution in [3.05, 3.63) is 33.8 Å². The van der Waals surface area contributed by atoms with E-state index in [-0.39, 0.29) is 0 Å². The van der Waals surface area contributed by atoms with E-state index in [2.05, 4.69) is 51.4 Å². The monoisotopic (exact) mass is 322 g/mol. The van der Waals surface area contributed by atoms with Crippen molar-refractivity contribution in [3.63, 3.8) is 0 Å². The van der Waals surface area contributed by atoms with E-state index in [9.17, 15) is 0 Å². The standard InChI is InChI=1S/C16H23BrN2/c1-19-9-7-13(11-19)14-6-5-12(10-15(14)17)16-4-2-3-8-18-16/h5-6,10,13,16,18H,2-4,7-9,11H2,1H3. The van der Waals surface area contributed by atoms with Gasteiger partial charge in [0.25, 0.3) is 0 Å². The van der Waals surface area contributed by atoms with Crippen LogP contribution in [-0.2, 0) is 0 Å². The lowest BCUT2D eigenvalue weighted by molar-refractivity contribution is 0.410. The van der Waals surface area contributed by atoms with Crippen LogP contribution in [0.4, 0.5) is 0 Å². The third-order valence-corrected chi connectivity index (χ3v) is 5.26. The van der Waals surface area contributed by atoms with E-state index in [4.69, 9.17) is 0 Å². The third-order valence-electron chi connectivity index (χ3n) is 4.57. The topological polar surface area (TPSA) is 15.3 Å². The molecule has 2 fully saturated rings. The van der Waals surface area contributed by atoms with E-state index >= 15 is 0 Å². The van der Waals surface area contributed by atoms with Gasteiger partial charge in [-0.05, 0) is 62.5 Å². The Morgan fingerprint density at radius 2 is 2.16 bits per heavy atom. The fraction of sp³-hybridized carbons (Fsp3) is 0.625. The Bertz CT molecular complexity index is 440. The molecule has 0 spiro atoms. The summed E-state index contributed by atoms with van der Waals surface area (Å²) in [4.78, 5) is 2.42. The summed E-state index contributed by atoms with van der Waals surface area (Å²) < 4.78 is 1.30. The lowest BCUT2D eigenvalue weighted by Crippen LogP contribution is -2.26. The van der Waals surface area contributed by atoms with Crippen LogP contribution in [0.25, 0.3) is 0 Å². The second-order valence-corrected chi connectivity index (χ2v) is 6.89. The third kappa shape index (κ3) is 3.04. The van der Waals surface area contributed by atoms with Crippen LogP contribution in [0.1, 0.15) is 48.8 Å². The van der Waals surface area contributed by atoms with Gasteiger partial charge in [-0.2, -0.15) is 0 Å². The van der Waals surface area contributed by atoms with Crippen LogP contribution in [0, 0.1) is 0 Å². The molecule has 0 bridgehead atoms. The van der Waals surface area contributed by atoms with Crippen molar-refractivity contribution >= 4 is 15.9 Å². The van der Waals surface area contributed by atoms with Gasteiger partial charge in [0.2, 0.25) is 0 Å². The SMILES string of the molecule is CN1CCC(c2ccc(C3CCCCN3)cc2Br)C1. The molecule has 0 aliphatic carbocycles. The van der Waals surface area contributed by atoms with Crippen LogP contribution in [0.3, 0.4) is 0 Å². The number of piperidine rings is 1. The largest absolute Gasteiger partial charge is 0.310 e. The quantitative estimate of drug-likeness (QED) is 0.893. The number of nitrogens with zero attached hydrogens (tertiary/aromatic N) is 1. The van der Waals surface area contributed by atoms with Crippen molar-refractivity contribution in [3.8, 4) is 0 Å². The molecule has 2 atom stereocenters. The van der Waals surface area contributed by atoms with Crippen LogP contribution < -0.4 is 5.32 Å². The summed E-state index contributed by atoms with van der Waals surface area (Å²) in [5.74, 6) is 0.702. The fourth-order valence-corrected chi connectivity index (χ4v) is 4.14. The number of halogens is 1. The average Bonchev–Trinajstić information content (AvgIpc) is 2.86. The summed E-state index contributed by atoms with van der Waals surface area (Å²) in [6.07, 6.45) is 5.24. The van der Waals surface area contributed by atoms with Gasteiger partial charge in [-0.3, -0.25) is 0 Å². The van der Waals surface area contributed by atoms with Crippen LogP contribution in [-0.4, -0.2) is 31.6 Å². The first-order chi connectivity index (χ1) is 9.24. The van der Waals surface area contributed by atoms with Gasteiger partial charge in [-0.25, -0.2) is 0 Å². The second kappa shape index (κ2) is 5.94. The van der Waals surface area contributed by atoms with E-state index in [0.717, 1.165) is 6.54 Å². The zero-order valence-electron chi connectivity index (χ0n) is 11.7. The van der Waals surface area contributed by atoms with E-state index in [1.807, 2.05) is 0 Å². The second-order valence-electron chi connectivity index (χ2n) is 6.03. The summed E-state index contributed by atoms with van der Waals surface area (Å²) in [5, 5.41) is 3.63. The highest BCUT2D eigenvalue weighted by molar-refractivity contribution is 9.10. The minimum Gasteiger partial charge on any atom is -0.310 e. The molecule has 3 heteroatoms. The normalized spacial score (nSPS) is 28.7. The van der Waals surface area contributed by atoms with E-state index in [0.29, 0.717) is 12.0 Å². The molecule has 3 rings (SSSR count). The Morgan fingerprint density at radius 1 is 1.26 bits per heavy atom. The molecular formula is C16H23BrN2. The molecule has 2 aliphatic rings. The Hall–Kier alpha value is -0.380. The molecule has 104 valence electrons. The van der Waals surface area contributed by atoms with Gasteiger partial charge >= 0.3 is 0 Å². The van der Waals surface area contributed by atoms with Gasteiger partial charge < -0.3 is 10.2 Å². The number of benzene rings is 1. The first-order valence-corrected chi connectivity index (χ1v) is 8.24. The highest BCUT2D eigenvalue weighted by Crippen LogP contribution is 2.34. The smallest absolute Gasteiger partial charge is 0.0320 e. The Morgan fingerprint density at radius 3 is 2.79 bits per heavy atom. The van der Waals surface area contributed by atoms with Crippen LogP contribution in [0.5, 0.6) is 0 Å². The highest BCUT2D eigenvalue weighted by atomic mass is 79.9. The van der Waals surface area contributed by atoms with E-state index in [1.54, 1.807) is 0 Å². The minimum atomic E-state index is 0.561. The molecule has 19 heavy (non-hydrogen) atoms. The minimum absolute atomic E-state index is 0.561. The molecule has 0 radical (unpaired) electrons. The zero-order chi connectivity index (χ0) is 13.2. The molecule has 2 aliphatic heterocycles. The van der Waals surface area contributed by atoms with Crippen molar-refractivity contribution in [2.75, 3.05) is 26.7 Å². The predicted molar refractivity (Wildman–Crippen MR) is 83.6 cm³/mol. The zero-order valence-corrected chi connectivity index (χ0v) is 13.2. The van der Waals surface area contributed by atoms with E-state index in [1.165, 1.54) is 54.4 Å². The summed E-state index contributed by atoms with van der Waals surface area (Å²) in [6.45, 7) is 3.58. The van der Waals surface area contributed by atoms with Gasteiger partial charge in [0.15, 0.2) is 0 Å². The molecule has 1 N–H and O–H groups in total. The highest BCUT2D eigenvalue weighted by Gasteiger charge is 2.23. The first-order valence-electron chi connectivity index (χ1n) is 7.45. The summed E-state index contributed by atoms with van der Waals surface area (Å²) in [5.41, 5.74) is 2.94. The van der Waals surface area contributed by atoms with E-state index < -0.39 is 0 Å². The maximum Gasteiger partial charge on any atom is 0.0320 e. The molecule has 0 saturated carbocycles. The molecule has 2 unspecified atom stereocenters. The molecule has 2 saturated heterocycles. The molecule has 2 heterocycles. The van der Waals surface area contributed by atoms with Crippen LogP contribution in [0.15, 0.2) is 22.7 Å². The van der Waals surface area contributed by atoms with Gasteiger partial charge in [0.1, 0.15) is 0 Å². The number of likely N-dealkylation sites (tertiary alicyclic amines) is 1. The summed E-state index contributed by atoms with van der Waals surface area (Å²) >= 11 is 3.80. The van der Waals surface area contributed by atoms with Gasteiger partial charge in [-0.15, -0.1) is 0 Å². The first kappa shape index (κ1) is 13.6. The molecule has 0 aromatic heterocycles. The van der Waals surface area contributed by atoms with Gasteiger partial charge in [0.05, 0.1) is 0 Å². The summed E-state index contributed by atoms with van der Waals surface area (Å²) in [7, 11) is 2.22. The maximum absolute atomic E-state index is 3.80. The predicted octanol–water partition coefficient (Wildman–Crippen LogP) is 3.68. The number of likely N-dealkylation sites (N-methyl/N-ethyl adjacent to an activating group) is 1. The maximum atomic E-state index is 3.80. The van der Waals surface area contributed by atoms with Gasteiger partial charge in [-0.1, -0.05) is 34.5 Å². The summed E-state index contributed by atoms with van der Waals surface area (Å²) in [6, 6.07) is 7.59. The molecule has 2 nitrogen and oxygen atoms in total. The average molecular weight is 323 g/mol. The molecule has 1 aromatic carbocycles. The Kier molecular flexibility index (Phi) is 4.25. The van der Waals surface area contributed by atoms with Crippen molar-refractivity contribution in [2.24, 2.45) is 0 Å². The molecule has 1 aromatic rings. The van der Waals surface area contributed by atoms with Crippen molar-refractivity contribution < 1.29 is 0 Å². The van der Waals surface area contributed by atoms with Crippen LogP contribution >= 0.6 is 15.9 Å².